The number of carboxylic acid groups (broad SMARTS) is 1. The van der Waals surface area contributed by atoms with E-state index in [0.717, 1.165) is 32.1 Å². The molecule has 2 fully saturated rings. The minimum atomic E-state index is -0.935. The van der Waals surface area contributed by atoms with E-state index in [9.17, 15) is 19.5 Å². The highest BCUT2D eigenvalue weighted by atomic mass is 16.5. The van der Waals surface area contributed by atoms with Gasteiger partial charge in [-0.05, 0) is 45.4 Å². The minimum Gasteiger partial charge on any atom is -0.480 e. The maximum atomic E-state index is 13.1. The van der Waals surface area contributed by atoms with E-state index in [4.69, 9.17) is 4.74 Å². The Labute approximate surface area is 155 Å². The SMILES string of the molecule is CCC[C@H](N[C@@H](C)C(=O)N1[C@H](C(=O)O)CC2CCCC[C@@H]21)C(=O)OCC. The van der Waals surface area contributed by atoms with E-state index in [1.165, 1.54) is 0 Å². The molecule has 1 saturated heterocycles. The zero-order chi connectivity index (χ0) is 19.3. The van der Waals surface area contributed by atoms with Crippen molar-refractivity contribution in [3.63, 3.8) is 0 Å². The predicted octanol–water partition coefficient (Wildman–Crippen LogP) is 1.94. The van der Waals surface area contributed by atoms with Crippen LogP contribution in [0.4, 0.5) is 0 Å². The number of carboxylic acids is 1. The Bertz CT molecular complexity index is 524. The van der Waals surface area contributed by atoms with Crippen molar-refractivity contribution in [3.8, 4) is 0 Å². The molecule has 1 aliphatic carbocycles. The summed E-state index contributed by atoms with van der Waals surface area (Å²) >= 11 is 0. The molecule has 0 aromatic heterocycles. The van der Waals surface area contributed by atoms with Crippen LogP contribution in [-0.2, 0) is 19.1 Å². The Morgan fingerprint density at radius 3 is 2.54 bits per heavy atom. The molecule has 5 atom stereocenters. The molecule has 2 N–H and O–H groups in total. The van der Waals surface area contributed by atoms with Crippen LogP contribution in [0.15, 0.2) is 0 Å². The van der Waals surface area contributed by atoms with Crippen molar-refractivity contribution >= 4 is 17.8 Å². The molecule has 0 aromatic rings. The summed E-state index contributed by atoms with van der Waals surface area (Å²) in [4.78, 5) is 38.5. The van der Waals surface area contributed by atoms with Gasteiger partial charge in [0, 0.05) is 6.04 Å². The highest BCUT2D eigenvalue weighted by Gasteiger charge is 2.48. The quantitative estimate of drug-likeness (QED) is 0.636. The lowest BCUT2D eigenvalue weighted by Crippen LogP contribution is -2.55. The molecule has 0 aromatic carbocycles. The third-order valence-electron chi connectivity index (χ3n) is 5.60. The van der Waals surface area contributed by atoms with Crippen LogP contribution in [0.2, 0.25) is 0 Å². The van der Waals surface area contributed by atoms with Crippen molar-refractivity contribution in [2.75, 3.05) is 6.61 Å². The van der Waals surface area contributed by atoms with Gasteiger partial charge in [-0.15, -0.1) is 0 Å². The van der Waals surface area contributed by atoms with Crippen LogP contribution in [0.1, 0.15) is 65.7 Å². The predicted molar refractivity (Wildman–Crippen MR) is 96.6 cm³/mol. The standard InChI is InChI=1S/C19H32N2O5/c1-4-8-14(19(25)26-5-2)20-12(3)17(22)21-15-10-7-6-9-13(15)11-16(21)18(23)24/h12-16,20H,4-11H2,1-3H3,(H,23,24)/t12-,13?,14-,15-,16-/m0/s1. The number of rotatable bonds is 8. The Morgan fingerprint density at radius 2 is 1.92 bits per heavy atom. The number of nitrogens with one attached hydrogen (secondary N) is 1. The van der Waals surface area contributed by atoms with E-state index in [1.54, 1.807) is 18.7 Å². The molecule has 0 radical (unpaired) electrons. The monoisotopic (exact) mass is 368 g/mol. The minimum absolute atomic E-state index is 0.00817. The van der Waals surface area contributed by atoms with Crippen molar-refractivity contribution in [2.24, 2.45) is 5.92 Å². The maximum Gasteiger partial charge on any atom is 0.326 e. The van der Waals surface area contributed by atoms with Crippen molar-refractivity contribution in [1.82, 2.24) is 10.2 Å². The molecule has 1 heterocycles. The van der Waals surface area contributed by atoms with Crippen LogP contribution < -0.4 is 5.32 Å². The number of nitrogens with zero attached hydrogens (tertiary/aromatic N) is 1. The van der Waals surface area contributed by atoms with Crippen LogP contribution in [0, 0.1) is 5.92 Å². The highest BCUT2D eigenvalue weighted by molar-refractivity contribution is 5.88. The first-order chi connectivity index (χ1) is 12.4. The normalized spacial score (nSPS) is 27.5. The fraction of sp³-hybridized carbons (Fsp3) is 0.842. The number of esters is 1. The molecule has 148 valence electrons. The molecule has 7 nitrogen and oxygen atoms in total. The molecule has 1 unspecified atom stereocenters. The number of aliphatic carboxylic acids is 1. The lowest BCUT2D eigenvalue weighted by atomic mass is 9.84. The van der Waals surface area contributed by atoms with Crippen LogP contribution in [-0.4, -0.2) is 58.6 Å². The van der Waals surface area contributed by atoms with E-state index in [0.29, 0.717) is 19.4 Å². The first kappa shape index (κ1) is 20.7. The molecule has 1 saturated carbocycles. The average molecular weight is 368 g/mol. The summed E-state index contributed by atoms with van der Waals surface area (Å²) in [7, 11) is 0. The third kappa shape index (κ3) is 4.55. The number of carbonyl (C=O) groups excluding carboxylic acids is 2. The number of carbonyl (C=O) groups is 3. The van der Waals surface area contributed by atoms with E-state index >= 15 is 0 Å². The molecule has 26 heavy (non-hydrogen) atoms. The van der Waals surface area contributed by atoms with Crippen LogP contribution in [0.3, 0.4) is 0 Å². The van der Waals surface area contributed by atoms with E-state index in [2.05, 4.69) is 5.32 Å². The maximum absolute atomic E-state index is 13.1. The molecule has 0 spiro atoms. The first-order valence-electron chi connectivity index (χ1n) is 9.88. The molecule has 0 bridgehead atoms. The summed E-state index contributed by atoms with van der Waals surface area (Å²) in [6.07, 6.45) is 5.87. The number of amides is 1. The Balaban J connectivity index is 2.10. The van der Waals surface area contributed by atoms with Gasteiger partial charge in [-0.3, -0.25) is 14.9 Å². The van der Waals surface area contributed by atoms with Crippen molar-refractivity contribution in [1.29, 1.82) is 0 Å². The zero-order valence-electron chi connectivity index (χ0n) is 16.1. The van der Waals surface area contributed by atoms with Crippen LogP contribution >= 0.6 is 0 Å². The van der Waals surface area contributed by atoms with Gasteiger partial charge in [-0.1, -0.05) is 26.2 Å². The number of fused-ring (bicyclic) bond motifs is 1. The van der Waals surface area contributed by atoms with Gasteiger partial charge in [0.15, 0.2) is 0 Å². The second-order valence-corrected chi connectivity index (χ2v) is 7.43. The van der Waals surface area contributed by atoms with Crippen molar-refractivity contribution < 1.29 is 24.2 Å². The summed E-state index contributed by atoms with van der Waals surface area (Å²) in [5.41, 5.74) is 0. The van der Waals surface area contributed by atoms with E-state index < -0.39 is 24.1 Å². The van der Waals surface area contributed by atoms with Gasteiger partial charge in [0.25, 0.3) is 0 Å². The molecular formula is C19H32N2O5. The number of hydrogen-bond donors (Lipinski definition) is 2. The summed E-state index contributed by atoms with van der Waals surface area (Å²) in [5, 5.41) is 12.7. The molecule has 2 aliphatic rings. The first-order valence-corrected chi connectivity index (χ1v) is 9.88. The third-order valence-corrected chi connectivity index (χ3v) is 5.60. The van der Waals surface area contributed by atoms with Gasteiger partial charge in [0.2, 0.25) is 5.91 Å². The second kappa shape index (κ2) is 9.35. The second-order valence-electron chi connectivity index (χ2n) is 7.43. The summed E-state index contributed by atoms with van der Waals surface area (Å²) < 4.78 is 5.09. The van der Waals surface area contributed by atoms with Crippen molar-refractivity contribution in [3.05, 3.63) is 0 Å². The average Bonchev–Trinajstić information content (AvgIpc) is 3.00. The molecular weight excluding hydrogens is 336 g/mol. The van der Waals surface area contributed by atoms with Gasteiger partial charge in [-0.2, -0.15) is 0 Å². The van der Waals surface area contributed by atoms with Gasteiger partial charge >= 0.3 is 11.9 Å². The molecule has 7 heteroatoms. The highest BCUT2D eigenvalue weighted by Crippen LogP contribution is 2.40. The fourth-order valence-electron chi connectivity index (χ4n) is 4.39. The Kier molecular flexibility index (Phi) is 7.43. The Morgan fingerprint density at radius 1 is 1.23 bits per heavy atom. The molecule has 1 aliphatic heterocycles. The van der Waals surface area contributed by atoms with Crippen LogP contribution in [0.5, 0.6) is 0 Å². The fourth-order valence-corrected chi connectivity index (χ4v) is 4.39. The lowest BCUT2D eigenvalue weighted by molar-refractivity contribution is -0.152. The van der Waals surface area contributed by atoms with E-state index in [-0.39, 0.29) is 23.8 Å². The van der Waals surface area contributed by atoms with Gasteiger partial charge in [0.1, 0.15) is 12.1 Å². The number of hydrogen-bond acceptors (Lipinski definition) is 5. The van der Waals surface area contributed by atoms with Gasteiger partial charge in [-0.25, -0.2) is 4.79 Å². The Hall–Kier alpha value is -1.63. The summed E-state index contributed by atoms with van der Waals surface area (Å²) in [6, 6.07) is -1.92. The molecule has 2 rings (SSSR count). The zero-order valence-corrected chi connectivity index (χ0v) is 16.1. The van der Waals surface area contributed by atoms with Gasteiger partial charge < -0.3 is 14.7 Å². The van der Waals surface area contributed by atoms with Gasteiger partial charge in [0.05, 0.1) is 12.6 Å². The van der Waals surface area contributed by atoms with Crippen LogP contribution in [0.25, 0.3) is 0 Å². The van der Waals surface area contributed by atoms with Crippen molar-refractivity contribution in [2.45, 2.75) is 89.9 Å². The van der Waals surface area contributed by atoms with E-state index in [1.807, 2.05) is 6.92 Å². The number of ether oxygens (including phenoxy) is 1. The lowest BCUT2D eigenvalue weighted by Gasteiger charge is -2.35. The summed E-state index contributed by atoms with van der Waals surface area (Å²) in [5.74, 6) is -1.24. The summed E-state index contributed by atoms with van der Waals surface area (Å²) in [6.45, 7) is 5.72. The largest absolute Gasteiger partial charge is 0.480 e. The number of likely N-dealkylation sites (tertiary alicyclic amines) is 1. The topological polar surface area (TPSA) is 95.9 Å². The smallest absolute Gasteiger partial charge is 0.326 e. The molecule has 1 amide bonds.